The van der Waals surface area contributed by atoms with Crippen molar-refractivity contribution in [2.24, 2.45) is 5.73 Å². The van der Waals surface area contributed by atoms with E-state index in [4.69, 9.17) is 5.73 Å². The zero-order chi connectivity index (χ0) is 31.3. The Labute approximate surface area is 274 Å². The number of unbranched alkanes of at least 4 members (excludes halogenated alkanes) is 30. The first kappa shape index (κ1) is 42.9. The summed E-state index contributed by atoms with van der Waals surface area (Å²) in [6.07, 6.45) is 46.1. The number of likely N-dealkylation sites (N-methyl/N-ethyl adjacent to an activating group) is 1. The summed E-state index contributed by atoms with van der Waals surface area (Å²) in [7, 11) is 0. The normalized spacial score (nSPS) is 11.9. The lowest BCUT2D eigenvalue weighted by Crippen LogP contribution is -2.46. The minimum atomic E-state index is 0.766. The van der Waals surface area contributed by atoms with Crippen LogP contribution < -0.4 is 5.73 Å². The number of rotatable bonds is 38. The van der Waals surface area contributed by atoms with Crippen molar-refractivity contribution in [3.05, 3.63) is 0 Å². The molecule has 0 heterocycles. The molecule has 0 spiro atoms. The minimum Gasteiger partial charge on any atom is -0.329 e. The topological polar surface area (TPSA) is 32.5 Å². The molecule has 0 bridgehead atoms. The highest BCUT2D eigenvalue weighted by Gasteiger charge is 2.12. The van der Waals surface area contributed by atoms with Crippen LogP contribution in [0.2, 0.25) is 0 Å². The lowest BCUT2D eigenvalue weighted by molar-refractivity contribution is -0.0211. The summed E-state index contributed by atoms with van der Waals surface area (Å²) in [6, 6.07) is 0. The van der Waals surface area contributed by atoms with Crippen LogP contribution >= 0.6 is 0 Å². The molecule has 43 heavy (non-hydrogen) atoms. The molecule has 3 heteroatoms. The highest BCUT2D eigenvalue weighted by molar-refractivity contribution is 4.61. The average molecular weight is 608 g/mol. The van der Waals surface area contributed by atoms with E-state index in [0.29, 0.717) is 0 Å². The van der Waals surface area contributed by atoms with Gasteiger partial charge in [-0.25, -0.2) is 10.0 Å². The van der Waals surface area contributed by atoms with Gasteiger partial charge < -0.3 is 5.73 Å². The Morgan fingerprint density at radius 1 is 0.279 bits per heavy atom. The van der Waals surface area contributed by atoms with Gasteiger partial charge in [-0.15, -0.1) is 0 Å². The molecule has 0 amide bonds. The molecule has 2 N–H and O–H groups in total. The predicted molar refractivity (Wildman–Crippen MR) is 197 cm³/mol. The van der Waals surface area contributed by atoms with Crippen molar-refractivity contribution in [2.45, 2.75) is 226 Å². The third-order valence-corrected chi connectivity index (χ3v) is 9.69. The maximum atomic E-state index is 5.96. The Bertz CT molecular complexity index is 446. The fourth-order valence-electron chi connectivity index (χ4n) is 6.73. The van der Waals surface area contributed by atoms with E-state index in [1.54, 1.807) is 0 Å². The van der Waals surface area contributed by atoms with E-state index in [1.165, 1.54) is 219 Å². The second kappa shape index (κ2) is 38.1. The molecule has 0 rings (SSSR count). The molecule has 0 atom stereocenters. The molecule has 0 aromatic carbocycles. The summed E-state index contributed by atoms with van der Waals surface area (Å²) in [5.41, 5.74) is 5.96. The Morgan fingerprint density at radius 2 is 0.512 bits per heavy atom. The van der Waals surface area contributed by atoms with Crippen LogP contribution in [0, 0.1) is 0 Å². The van der Waals surface area contributed by atoms with Crippen molar-refractivity contribution in [3.8, 4) is 0 Å². The van der Waals surface area contributed by atoms with Crippen LogP contribution in [0.1, 0.15) is 226 Å². The maximum absolute atomic E-state index is 5.96. The molecule has 0 saturated carbocycles. The third kappa shape index (κ3) is 33.1. The first-order valence-corrected chi connectivity index (χ1v) is 20.5. The molecule has 0 aliphatic rings. The van der Waals surface area contributed by atoms with Crippen molar-refractivity contribution in [3.63, 3.8) is 0 Å². The number of hydrogen-bond acceptors (Lipinski definition) is 3. The smallest absolute Gasteiger partial charge is 0.0256 e. The fourth-order valence-corrected chi connectivity index (χ4v) is 6.73. The second-order valence-corrected chi connectivity index (χ2v) is 13.9. The van der Waals surface area contributed by atoms with Crippen LogP contribution in [0.4, 0.5) is 0 Å². The number of nitrogens with two attached hydrogens (primary N) is 1. The van der Waals surface area contributed by atoms with E-state index in [1.807, 2.05) is 0 Å². The van der Waals surface area contributed by atoms with E-state index in [2.05, 4.69) is 30.8 Å². The van der Waals surface area contributed by atoms with Crippen LogP contribution in [0.5, 0.6) is 0 Å². The summed E-state index contributed by atoms with van der Waals surface area (Å²) in [4.78, 5) is 0. The summed E-state index contributed by atoms with van der Waals surface area (Å²) in [6.45, 7) is 12.2. The summed E-state index contributed by atoms with van der Waals surface area (Å²) in [5, 5.41) is 5.18. The van der Waals surface area contributed by atoms with Crippen molar-refractivity contribution in [1.29, 1.82) is 0 Å². The summed E-state index contributed by atoms with van der Waals surface area (Å²) >= 11 is 0. The van der Waals surface area contributed by atoms with Gasteiger partial charge in [0.25, 0.3) is 0 Å². The van der Waals surface area contributed by atoms with E-state index < -0.39 is 0 Å². The molecule has 3 nitrogen and oxygen atoms in total. The number of nitrogens with zero attached hydrogens (tertiary/aromatic N) is 2. The summed E-state index contributed by atoms with van der Waals surface area (Å²) in [5.74, 6) is 0. The van der Waals surface area contributed by atoms with Gasteiger partial charge in [-0.2, -0.15) is 0 Å². The Kier molecular flexibility index (Phi) is 38.0. The van der Waals surface area contributed by atoms with Gasteiger partial charge in [-0.1, -0.05) is 213 Å². The largest absolute Gasteiger partial charge is 0.329 e. The average Bonchev–Trinajstić information content (AvgIpc) is 3.02. The molecule has 260 valence electrons. The lowest BCUT2D eigenvalue weighted by atomic mass is 10.0. The van der Waals surface area contributed by atoms with E-state index in [-0.39, 0.29) is 0 Å². The number of hydrazine groups is 1. The third-order valence-electron chi connectivity index (χ3n) is 9.69. The van der Waals surface area contributed by atoms with Crippen LogP contribution in [0.25, 0.3) is 0 Å². The molecule has 0 aliphatic carbocycles. The van der Waals surface area contributed by atoms with Crippen molar-refractivity contribution < 1.29 is 0 Å². The maximum Gasteiger partial charge on any atom is 0.0256 e. The van der Waals surface area contributed by atoms with Gasteiger partial charge in [0.2, 0.25) is 0 Å². The molecule has 0 unspecified atom stereocenters. The lowest BCUT2D eigenvalue weighted by Gasteiger charge is -2.34. The van der Waals surface area contributed by atoms with Crippen molar-refractivity contribution >= 4 is 0 Å². The zero-order valence-corrected chi connectivity index (χ0v) is 30.6. The Balaban J connectivity index is 3.68. The fraction of sp³-hybridized carbons (Fsp3) is 1.00. The van der Waals surface area contributed by atoms with Gasteiger partial charge in [-0.05, 0) is 12.8 Å². The zero-order valence-electron chi connectivity index (χ0n) is 30.6. The first-order chi connectivity index (χ1) is 21.3. The van der Waals surface area contributed by atoms with Gasteiger partial charge in [-0.3, -0.25) is 0 Å². The number of hydrogen-bond donors (Lipinski definition) is 1. The monoisotopic (exact) mass is 608 g/mol. The van der Waals surface area contributed by atoms with Crippen LogP contribution in [-0.2, 0) is 0 Å². The second-order valence-electron chi connectivity index (χ2n) is 13.9. The van der Waals surface area contributed by atoms with Gasteiger partial charge in [0.1, 0.15) is 0 Å². The molecule has 0 radical (unpaired) electrons. The minimum absolute atomic E-state index is 0.766. The predicted octanol–water partition coefficient (Wildman–Crippen LogP) is 13.0. The van der Waals surface area contributed by atoms with Gasteiger partial charge in [0.05, 0.1) is 0 Å². The molecule has 0 fully saturated rings. The van der Waals surface area contributed by atoms with Crippen molar-refractivity contribution in [2.75, 3.05) is 32.7 Å². The molecular formula is C40H85N3. The first-order valence-electron chi connectivity index (χ1n) is 20.5. The SMILES string of the molecule is CCCCCCCCCCCCCCCCCCN(CCCCCCCCCCCCCCCCCC)N(CC)CCN. The van der Waals surface area contributed by atoms with E-state index >= 15 is 0 Å². The standard InChI is InChI=1S/C40H85N3/c1-4-7-9-11-13-15-17-19-21-23-25-27-29-31-33-35-38-43(42(6-3)40-37-41)39-36-34-32-30-28-26-24-22-20-18-16-14-12-10-8-5-2/h4-41H2,1-3H3. The molecule has 0 aliphatic heterocycles. The van der Waals surface area contributed by atoms with Crippen LogP contribution in [-0.4, -0.2) is 42.7 Å². The summed E-state index contributed by atoms with van der Waals surface area (Å²) < 4.78 is 0. The highest BCUT2D eigenvalue weighted by Crippen LogP contribution is 2.16. The molecule has 0 aromatic heterocycles. The van der Waals surface area contributed by atoms with Crippen LogP contribution in [0.3, 0.4) is 0 Å². The molecular weight excluding hydrogens is 522 g/mol. The van der Waals surface area contributed by atoms with Gasteiger partial charge in [0, 0.05) is 32.7 Å². The quantitative estimate of drug-likeness (QED) is 0.0559. The Morgan fingerprint density at radius 3 is 0.721 bits per heavy atom. The van der Waals surface area contributed by atoms with Crippen LogP contribution in [0.15, 0.2) is 0 Å². The highest BCUT2D eigenvalue weighted by atomic mass is 15.6. The Hall–Kier alpha value is -0.120. The van der Waals surface area contributed by atoms with Gasteiger partial charge >= 0.3 is 0 Å². The van der Waals surface area contributed by atoms with Gasteiger partial charge in [0.15, 0.2) is 0 Å². The molecule has 0 aromatic rings. The van der Waals surface area contributed by atoms with Crippen molar-refractivity contribution in [1.82, 2.24) is 10.0 Å². The van der Waals surface area contributed by atoms with E-state index in [9.17, 15) is 0 Å². The van der Waals surface area contributed by atoms with E-state index in [0.717, 1.165) is 19.6 Å². The molecule has 0 saturated heterocycles.